The number of nitrogens with one attached hydrogen (secondary N) is 2. The number of piperazine rings is 1. The maximum absolute atomic E-state index is 13.9. The Balaban J connectivity index is 1.32. The zero-order valence-corrected chi connectivity index (χ0v) is 20.3. The van der Waals surface area contributed by atoms with Crippen LogP contribution in [0.15, 0.2) is 83.8 Å². The van der Waals surface area contributed by atoms with Gasteiger partial charge in [0.2, 0.25) is 0 Å². The lowest BCUT2D eigenvalue weighted by molar-refractivity contribution is 0.0934. The minimum Gasteiger partial charge on any atom is -0.369 e. The van der Waals surface area contributed by atoms with E-state index >= 15 is 0 Å². The van der Waals surface area contributed by atoms with Crippen LogP contribution in [0.2, 0.25) is 0 Å². The van der Waals surface area contributed by atoms with Gasteiger partial charge in [-0.05, 0) is 49.4 Å². The Morgan fingerprint density at radius 2 is 1.63 bits per heavy atom. The summed E-state index contributed by atoms with van der Waals surface area (Å²) in [5, 5.41) is 2.91. The van der Waals surface area contributed by atoms with Crippen molar-refractivity contribution in [1.29, 1.82) is 0 Å². The van der Waals surface area contributed by atoms with Gasteiger partial charge in [-0.25, -0.2) is 12.8 Å². The third-order valence-electron chi connectivity index (χ3n) is 6.14. The molecule has 1 aliphatic heterocycles. The van der Waals surface area contributed by atoms with Gasteiger partial charge in [-0.3, -0.25) is 14.4 Å². The summed E-state index contributed by atoms with van der Waals surface area (Å²) in [5.74, 6) is -1.04. The van der Waals surface area contributed by atoms with E-state index in [1.807, 2.05) is 18.2 Å². The summed E-state index contributed by atoms with van der Waals surface area (Å²) < 4.78 is 41.5. The van der Waals surface area contributed by atoms with Crippen LogP contribution in [-0.2, 0) is 10.0 Å². The first-order chi connectivity index (χ1) is 16.8. The van der Waals surface area contributed by atoms with Crippen molar-refractivity contribution in [2.45, 2.75) is 17.9 Å². The Kier molecular flexibility index (Phi) is 7.67. The number of carbonyl (C=O) groups is 1. The van der Waals surface area contributed by atoms with E-state index in [0.29, 0.717) is 6.54 Å². The highest BCUT2D eigenvalue weighted by Gasteiger charge is 2.22. The minimum absolute atomic E-state index is 0.113. The molecule has 0 aromatic heterocycles. The summed E-state index contributed by atoms with van der Waals surface area (Å²) in [7, 11) is -4.05. The first kappa shape index (κ1) is 24.7. The van der Waals surface area contributed by atoms with Gasteiger partial charge >= 0.3 is 0 Å². The normalized spacial score (nSPS) is 15.4. The van der Waals surface area contributed by atoms with Crippen LogP contribution in [0.5, 0.6) is 0 Å². The lowest BCUT2D eigenvalue weighted by atomic mass is 10.2. The van der Waals surface area contributed by atoms with Crippen LogP contribution < -0.4 is 14.9 Å². The van der Waals surface area contributed by atoms with E-state index < -0.39 is 15.8 Å². The fourth-order valence-electron chi connectivity index (χ4n) is 4.08. The highest BCUT2D eigenvalue weighted by atomic mass is 32.2. The van der Waals surface area contributed by atoms with Crippen molar-refractivity contribution in [1.82, 2.24) is 10.2 Å². The summed E-state index contributed by atoms with van der Waals surface area (Å²) in [4.78, 5) is 17.3. The summed E-state index contributed by atoms with van der Waals surface area (Å²) in [6.07, 6.45) is 0. The third-order valence-corrected chi connectivity index (χ3v) is 7.50. The molecule has 0 bridgehead atoms. The number of sulfonamides is 1. The second-order valence-corrected chi connectivity index (χ2v) is 10.2. The van der Waals surface area contributed by atoms with Crippen molar-refractivity contribution in [3.05, 3.63) is 90.2 Å². The molecule has 1 saturated heterocycles. The molecule has 2 N–H and O–H groups in total. The van der Waals surface area contributed by atoms with E-state index in [-0.39, 0.29) is 28.1 Å². The zero-order chi connectivity index (χ0) is 24.8. The monoisotopic (exact) mass is 496 g/mol. The van der Waals surface area contributed by atoms with Crippen LogP contribution in [0.3, 0.4) is 0 Å². The maximum Gasteiger partial charge on any atom is 0.262 e. The van der Waals surface area contributed by atoms with E-state index in [9.17, 15) is 17.6 Å². The summed E-state index contributed by atoms with van der Waals surface area (Å²) in [6, 6.07) is 21.7. The zero-order valence-electron chi connectivity index (χ0n) is 19.5. The van der Waals surface area contributed by atoms with Gasteiger partial charge in [0.25, 0.3) is 15.9 Å². The summed E-state index contributed by atoms with van der Waals surface area (Å²) >= 11 is 0. The molecule has 3 aromatic rings. The van der Waals surface area contributed by atoms with Crippen molar-refractivity contribution >= 4 is 27.3 Å². The lowest BCUT2D eigenvalue weighted by Gasteiger charge is -2.39. The van der Waals surface area contributed by atoms with Gasteiger partial charge in [0.1, 0.15) is 5.82 Å². The first-order valence-electron chi connectivity index (χ1n) is 11.5. The average Bonchev–Trinajstić information content (AvgIpc) is 2.89. The predicted octanol–water partition coefficient (Wildman–Crippen LogP) is 3.57. The molecule has 3 aromatic carbocycles. The Hall–Kier alpha value is -3.43. The van der Waals surface area contributed by atoms with E-state index in [0.717, 1.165) is 26.2 Å². The molecule has 1 amide bonds. The van der Waals surface area contributed by atoms with Crippen molar-refractivity contribution in [3.63, 3.8) is 0 Å². The number of para-hydroxylation sites is 2. The van der Waals surface area contributed by atoms with Gasteiger partial charge in [0.05, 0.1) is 10.6 Å². The summed E-state index contributed by atoms with van der Waals surface area (Å²) in [6.45, 7) is 6.11. The number of benzene rings is 3. The number of amides is 1. The fourth-order valence-corrected chi connectivity index (χ4v) is 5.20. The van der Waals surface area contributed by atoms with E-state index in [1.165, 1.54) is 48.2 Å². The second kappa shape index (κ2) is 10.9. The predicted molar refractivity (Wildman–Crippen MR) is 136 cm³/mol. The number of anilines is 2. The lowest BCUT2D eigenvalue weighted by Crippen LogP contribution is -2.52. The topological polar surface area (TPSA) is 81.7 Å². The van der Waals surface area contributed by atoms with Crippen LogP contribution in [-0.4, -0.2) is 58.0 Å². The molecule has 1 aliphatic rings. The molecule has 0 aliphatic carbocycles. The highest BCUT2D eigenvalue weighted by Crippen LogP contribution is 2.20. The van der Waals surface area contributed by atoms with Crippen LogP contribution in [0.25, 0.3) is 0 Å². The number of hydrogen-bond acceptors (Lipinski definition) is 5. The maximum atomic E-state index is 13.9. The van der Waals surface area contributed by atoms with Gasteiger partial charge in [0.15, 0.2) is 0 Å². The van der Waals surface area contributed by atoms with Crippen LogP contribution in [0.1, 0.15) is 17.3 Å². The quantitative estimate of drug-likeness (QED) is 0.498. The van der Waals surface area contributed by atoms with E-state index in [4.69, 9.17) is 0 Å². The highest BCUT2D eigenvalue weighted by molar-refractivity contribution is 7.92. The fraction of sp³-hybridized carbons (Fsp3) is 0.269. The SMILES string of the molecule is CC(CNC(=O)c1cccc(S(=O)(=O)Nc2ccccc2F)c1)N1CCN(c2ccccc2)CC1. The third kappa shape index (κ3) is 6.17. The summed E-state index contributed by atoms with van der Waals surface area (Å²) in [5.41, 5.74) is 1.29. The molecule has 0 spiro atoms. The van der Waals surface area contributed by atoms with Crippen LogP contribution in [0.4, 0.5) is 15.8 Å². The Labute approximate surface area is 205 Å². The molecule has 1 unspecified atom stereocenters. The molecular formula is C26H29FN4O3S. The molecular weight excluding hydrogens is 467 g/mol. The molecule has 7 nitrogen and oxygen atoms in total. The van der Waals surface area contributed by atoms with Crippen molar-refractivity contribution in [2.24, 2.45) is 0 Å². The van der Waals surface area contributed by atoms with Gasteiger partial charge in [0, 0.05) is 50.0 Å². The Morgan fingerprint density at radius 1 is 0.943 bits per heavy atom. The van der Waals surface area contributed by atoms with Gasteiger partial charge in [-0.2, -0.15) is 0 Å². The Morgan fingerprint density at radius 3 is 2.34 bits per heavy atom. The van der Waals surface area contributed by atoms with Gasteiger partial charge in [-0.1, -0.05) is 36.4 Å². The smallest absolute Gasteiger partial charge is 0.262 e. The van der Waals surface area contributed by atoms with Crippen molar-refractivity contribution < 1.29 is 17.6 Å². The Bertz CT molecular complexity index is 1260. The molecule has 35 heavy (non-hydrogen) atoms. The molecule has 9 heteroatoms. The average molecular weight is 497 g/mol. The number of halogens is 1. The van der Waals surface area contributed by atoms with Crippen molar-refractivity contribution in [2.75, 3.05) is 42.3 Å². The largest absolute Gasteiger partial charge is 0.369 e. The van der Waals surface area contributed by atoms with Crippen LogP contribution >= 0.6 is 0 Å². The van der Waals surface area contributed by atoms with Gasteiger partial charge in [-0.15, -0.1) is 0 Å². The minimum atomic E-state index is -4.05. The first-order valence-corrected chi connectivity index (χ1v) is 13.0. The van der Waals surface area contributed by atoms with E-state index in [2.05, 4.69) is 38.9 Å². The van der Waals surface area contributed by atoms with E-state index in [1.54, 1.807) is 6.07 Å². The molecule has 184 valence electrons. The number of rotatable bonds is 8. The molecule has 1 atom stereocenters. The second-order valence-electron chi connectivity index (χ2n) is 8.53. The standard InChI is InChI=1S/C26H29FN4O3S/c1-20(30-14-16-31(17-15-30)22-9-3-2-4-10-22)19-28-26(32)21-8-7-11-23(18-21)35(33,34)29-25-13-6-5-12-24(25)27/h2-13,18,20,29H,14-17,19H2,1H3,(H,28,32). The van der Waals surface area contributed by atoms with Crippen LogP contribution in [0, 0.1) is 5.82 Å². The van der Waals surface area contributed by atoms with Gasteiger partial charge < -0.3 is 10.2 Å². The number of nitrogens with zero attached hydrogens (tertiary/aromatic N) is 2. The number of hydrogen-bond donors (Lipinski definition) is 2. The molecule has 0 radical (unpaired) electrons. The molecule has 1 fully saturated rings. The molecule has 0 saturated carbocycles. The molecule has 1 heterocycles. The number of carbonyl (C=O) groups excluding carboxylic acids is 1. The van der Waals surface area contributed by atoms with Crippen molar-refractivity contribution in [3.8, 4) is 0 Å². The molecule has 4 rings (SSSR count).